The first-order valence-corrected chi connectivity index (χ1v) is 9.71. The number of hydrogen-bond donors (Lipinski definition) is 0. The summed E-state index contributed by atoms with van der Waals surface area (Å²) >= 11 is 0. The topological polar surface area (TPSA) is 30.7 Å². The van der Waals surface area contributed by atoms with E-state index < -0.39 is 0 Å². The molecule has 0 atom stereocenters. The molecule has 0 spiro atoms. The molecular formula is C26H23N3. The third kappa shape index (κ3) is 3.67. The minimum atomic E-state index is 0.662. The van der Waals surface area contributed by atoms with Crippen molar-refractivity contribution >= 4 is 0 Å². The third-order valence-electron chi connectivity index (χ3n) is 4.86. The predicted octanol–water partition coefficient (Wildman–Crippen LogP) is 6.19. The van der Waals surface area contributed by atoms with Crippen LogP contribution in [-0.4, -0.2) is 14.5 Å². The van der Waals surface area contributed by atoms with Crippen LogP contribution >= 0.6 is 0 Å². The number of hydrogen-bond acceptors (Lipinski definition) is 2. The van der Waals surface area contributed by atoms with Gasteiger partial charge in [-0.3, -0.25) is 4.98 Å². The highest BCUT2D eigenvalue weighted by molar-refractivity contribution is 5.88. The molecule has 2 heterocycles. The summed E-state index contributed by atoms with van der Waals surface area (Å²) < 4.78 is 2.19. The Kier molecular flexibility index (Phi) is 5.48. The SMILES string of the molecule is C=CCc1nc(-c2ccccc2-c2ccccc2)c(-c2ccccn2)n1CC=C. The van der Waals surface area contributed by atoms with E-state index in [4.69, 9.17) is 4.98 Å². The summed E-state index contributed by atoms with van der Waals surface area (Å²) in [6.07, 6.45) is 6.28. The summed E-state index contributed by atoms with van der Waals surface area (Å²) in [7, 11) is 0. The Labute approximate surface area is 171 Å². The van der Waals surface area contributed by atoms with Gasteiger partial charge in [0.1, 0.15) is 5.82 Å². The van der Waals surface area contributed by atoms with Crippen molar-refractivity contribution in [2.45, 2.75) is 13.0 Å². The maximum atomic E-state index is 5.06. The second-order valence-corrected chi connectivity index (χ2v) is 6.74. The van der Waals surface area contributed by atoms with E-state index in [9.17, 15) is 0 Å². The van der Waals surface area contributed by atoms with Crippen LogP contribution in [0.3, 0.4) is 0 Å². The van der Waals surface area contributed by atoms with Crippen LogP contribution in [0.4, 0.5) is 0 Å². The standard InChI is InChI=1S/C26H23N3/c1-3-12-24-28-25(26(29(24)19-4-2)23-17-10-11-18-27-23)22-16-9-8-15-21(22)20-13-6-5-7-14-20/h3-11,13-18H,1-2,12,19H2. The lowest BCUT2D eigenvalue weighted by Gasteiger charge is -2.12. The van der Waals surface area contributed by atoms with Gasteiger partial charge in [-0.15, -0.1) is 13.2 Å². The summed E-state index contributed by atoms with van der Waals surface area (Å²) in [5, 5.41) is 0. The molecule has 0 aliphatic rings. The van der Waals surface area contributed by atoms with Crippen molar-refractivity contribution in [1.82, 2.24) is 14.5 Å². The molecule has 0 radical (unpaired) electrons. The molecule has 142 valence electrons. The van der Waals surface area contributed by atoms with Gasteiger partial charge in [0.25, 0.3) is 0 Å². The van der Waals surface area contributed by atoms with E-state index in [1.165, 1.54) is 5.56 Å². The maximum absolute atomic E-state index is 5.06. The highest BCUT2D eigenvalue weighted by Gasteiger charge is 2.21. The van der Waals surface area contributed by atoms with E-state index in [0.29, 0.717) is 13.0 Å². The summed E-state index contributed by atoms with van der Waals surface area (Å²) in [4.78, 5) is 9.69. The van der Waals surface area contributed by atoms with Crippen molar-refractivity contribution in [3.63, 3.8) is 0 Å². The van der Waals surface area contributed by atoms with Crippen molar-refractivity contribution in [3.8, 4) is 33.8 Å². The van der Waals surface area contributed by atoms with Gasteiger partial charge in [-0.25, -0.2) is 4.98 Å². The first-order valence-electron chi connectivity index (χ1n) is 9.71. The Bertz CT molecular complexity index is 1130. The van der Waals surface area contributed by atoms with Crippen LogP contribution in [-0.2, 0) is 13.0 Å². The number of nitrogens with zero attached hydrogens (tertiary/aromatic N) is 3. The first kappa shape index (κ1) is 18.6. The Morgan fingerprint density at radius 1 is 0.793 bits per heavy atom. The molecule has 2 aromatic carbocycles. The molecule has 0 saturated carbocycles. The Balaban J connectivity index is 2.01. The lowest BCUT2D eigenvalue weighted by Crippen LogP contribution is -2.04. The largest absolute Gasteiger partial charge is 0.322 e. The fraction of sp³-hybridized carbons (Fsp3) is 0.0769. The summed E-state index contributed by atoms with van der Waals surface area (Å²) in [5.74, 6) is 0.957. The van der Waals surface area contributed by atoms with Gasteiger partial charge in [0.15, 0.2) is 0 Å². The monoisotopic (exact) mass is 377 g/mol. The molecule has 4 rings (SSSR count). The van der Waals surface area contributed by atoms with Crippen LogP contribution in [0.15, 0.2) is 104 Å². The Hall–Kier alpha value is -3.72. The zero-order valence-corrected chi connectivity index (χ0v) is 16.3. The fourth-order valence-corrected chi connectivity index (χ4v) is 3.62. The summed E-state index contributed by atoms with van der Waals surface area (Å²) in [6.45, 7) is 8.52. The fourth-order valence-electron chi connectivity index (χ4n) is 3.62. The van der Waals surface area contributed by atoms with Crippen LogP contribution in [0.1, 0.15) is 5.82 Å². The Morgan fingerprint density at radius 2 is 1.52 bits per heavy atom. The molecule has 3 nitrogen and oxygen atoms in total. The summed E-state index contributed by atoms with van der Waals surface area (Å²) in [6, 6.07) is 24.8. The number of pyridine rings is 1. The summed E-state index contributed by atoms with van der Waals surface area (Å²) in [5.41, 5.74) is 6.24. The van der Waals surface area contributed by atoms with Crippen LogP contribution in [0, 0.1) is 0 Å². The minimum absolute atomic E-state index is 0.662. The van der Waals surface area contributed by atoms with Crippen molar-refractivity contribution in [2.75, 3.05) is 0 Å². The van der Waals surface area contributed by atoms with Gasteiger partial charge in [-0.05, 0) is 23.3 Å². The molecule has 29 heavy (non-hydrogen) atoms. The highest BCUT2D eigenvalue weighted by Crippen LogP contribution is 2.37. The zero-order valence-electron chi connectivity index (χ0n) is 16.3. The van der Waals surface area contributed by atoms with Gasteiger partial charge < -0.3 is 4.57 Å². The minimum Gasteiger partial charge on any atom is -0.322 e. The second-order valence-electron chi connectivity index (χ2n) is 6.74. The molecule has 0 aliphatic carbocycles. The number of rotatable bonds is 7. The molecule has 0 saturated heterocycles. The molecule has 0 unspecified atom stereocenters. The van der Waals surface area contributed by atoms with Gasteiger partial charge in [0.2, 0.25) is 0 Å². The molecule has 0 aliphatic heterocycles. The quantitative estimate of drug-likeness (QED) is 0.359. The average Bonchev–Trinajstić information content (AvgIpc) is 3.13. The smallest absolute Gasteiger partial charge is 0.114 e. The van der Waals surface area contributed by atoms with Crippen LogP contribution in [0.25, 0.3) is 33.8 Å². The number of aromatic nitrogens is 3. The number of benzene rings is 2. The molecular weight excluding hydrogens is 354 g/mol. The van der Waals surface area contributed by atoms with E-state index in [-0.39, 0.29) is 0 Å². The van der Waals surface area contributed by atoms with Crippen LogP contribution in [0.5, 0.6) is 0 Å². The van der Waals surface area contributed by atoms with E-state index in [2.05, 4.69) is 71.2 Å². The highest BCUT2D eigenvalue weighted by atomic mass is 15.1. The van der Waals surface area contributed by atoms with Gasteiger partial charge in [0.05, 0.1) is 17.1 Å². The molecule has 0 N–H and O–H groups in total. The average molecular weight is 377 g/mol. The second kappa shape index (κ2) is 8.53. The molecule has 0 amide bonds. The number of allylic oxidation sites excluding steroid dienone is 2. The van der Waals surface area contributed by atoms with Gasteiger partial charge >= 0.3 is 0 Å². The molecule has 3 heteroatoms. The lowest BCUT2D eigenvalue weighted by molar-refractivity contribution is 0.768. The van der Waals surface area contributed by atoms with Crippen molar-refractivity contribution < 1.29 is 0 Å². The van der Waals surface area contributed by atoms with E-state index in [0.717, 1.165) is 34.0 Å². The molecule has 0 fully saturated rings. The molecule has 4 aromatic rings. The van der Waals surface area contributed by atoms with Gasteiger partial charge in [-0.2, -0.15) is 0 Å². The number of imidazole rings is 1. The van der Waals surface area contributed by atoms with Gasteiger partial charge in [-0.1, -0.05) is 72.8 Å². The van der Waals surface area contributed by atoms with Crippen molar-refractivity contribution in [1.29, 1.82) is 0 Å². The third-order valence-corrected chi connectivity index (χ3v) is 4.86. The van der Waals surface area contributed by atoms with E-state index in [1.807, 2.05) is 42.6 Å². The normalized spacial score (nSPS) is 10.6. The first-order chi connectivity index (χ1) is 14.3. The predicted molar refractivity (Wildman–Crippen MR) is 120 cm³/mol. The van der Waals surface area contributed by atoms with E-state index in [1.54, 1.807) is 0 Å². The zero-order chi connectivity index (χ0) is 20.1. The van der Waals surface area contributed by atoms with Gasteiger partial charge in [0, 0.05) is 24.7 Å². The van der Waals surface area contributed by atoms with Crippen molar-refractivity contribution in [3.05, 3.63) is 110 Å². The van der Waals surface area contributed by atoms with Crippen LogP contribution < -0.4 is 0 Å². The van der Waals surface area contributed by atoms with E-state index >= 15 is 0 Å². The van der Waals surface area contributed by atoms with Crippen LogP contribution in [0.2, 0.25) is 0 Å². The molecule has 0 bridgehead atoms. The molecule has 2 aromatic heterocycles. The van der Waals surface area contributed by atoms with Crippen molar-refractivity contribution in [2.24, 2.45) is 0 Å². The Morgan fingerprint density at radius 3 is 2.21 bits per heavy atom. The lowest BCUT2D eigenvalue weighted by atomic mass is 9.96. The maximum Gasteiger partial charge on any atom is 0.114 e.